The number of likely N-dealkylation sites (tertiary alicyclic amines) is 1. The van der Waals surface area contributed by atoms with Crippen molar-refractivity contribution in [2.75, 3.05) is 13.4 Å². The number of carbonyl (C=O) groups is 2. The van der Waals surface area contributed by atoms with E-state index in [0.29, 0.717) is 31.4 Å². The van der Waals surface area contributed by atoms with Crippen LogP contribution in [0, 0.1) is 0 Å². The highest BCUT2D eigenvalue weighted by molar-refractivity contribution is 5.94. The van der Waals surface area contributed by atoms with Crippen molar-refractivity contribution in [1.82, 2.24) is 20.1 Å². The van der Waals surface area contributed by atoms with E-state index in [0.717, 1.165) is 35.1 Å². The molecule has 2 fully saturated rings. The maximum Gasteiger partial charge on any atom is 0.233 e. The molecule has 9 heteroatoms. The fourth-order valence-electron chi connectivity index (χ4n) is 5.75. The maximum atomic E-state index is 14.6. The molecular weight excluding hydrogens is 466 g/mol. The summed E-state index contributed by atoms with van der Waals surface area (Å²) < 4.78 is 32.0. The Morgan fingerprint density at radius 3 is 2.67 bits per heavy atom. The first kappa shape index (κ1) is 24.3. The fraction of sp³-hybridized carbons (Fsp3) is 0.481. The quantitative estimate of drug-likeness (QED) is 0.468. The number of nitrogens with one attached hydrogen (secondary N) is 1. The summed E-state index contributed by atoms with van der Waals surface area (Å²) in [6.45, 7) is -0.981. The lowest BCUT2D eigenvalue weighted by molar-refractivity contribution is -0.142. The molecule has 2 aromatic heterocycles. The van der Waals surface area contributed by atoms with Gasteiger partial charge in [-0.3, -0.25) is 14.7 Å². The standard InChI is InChI=1S/C27H30F2N4O3/c28-17-36-21-9-6-18(7-10-21)27(12-1-2-13-27)26(35)33-16-19(29)14-24(33)25(34)5-3-4-20-8-11-22-23(31-20)15-30-32-22/h6-11,15,19,24H,1-5,12-14,16-17H2,(H,30,32)/t19-,24-/m1/s1. The van der Waals surface area contributed by atoms with Crippen molar-refractivity contribution >= 4 is 22.7 Å². The molecule has 0 radical (unpaired) electrons. The summed E-state index contributed by atoms with van der Waals surface area (Å²) >= 11 is 0. The molecule has 7 nitrogen and oxygen atoms in total. The minimum absolute atomic E-state index is 0.0448. The minimum Gasteiger partial charge on any atom is -0.463 e. The summed E-state index contributed by atoms with van der Waals surface area (Å²) in [4.78, 5) is 33.1. The van der Waals surface area contributed by atoms with E-state index >= 15 is 0 Å². The topological polar surface area (TPSA) is 88.2 Å². The minimum atomic E-state index is -1.22. The van der Waals surface area contributed by atoms with Crippen molar-refractivity contribution in [1.29, 1.82) is 0 Å². The smallest absolute Gasteiger partial charge is 0.233 e. The van der Waals surface area contributed by atoms with Crippen molar-refractivity contribution in [2.45, 2.75) is 69.0 Å². The predicted molar refractivity (Wildman–Crippen MR) is 130 cm³/mol. The predicted octanol–water partition coefficient (Wildman–Crippen LogP) is 4.61. The molecule has 1 aliphatic heterocycles. The highest BCUT2D eigenvalue weighted by Gasteiger charge is 2.50. The number of ether oxygens (including phenoxy) is 1. The molecule has 1 N–H and O–H groups in total. The second-order valence-electron chi connectivity index (χ2n) is 9.80. The van der Waals surface area contributed by atoms with E-state index in [1.807, 2.05) is 12.1 Å². The van der Waals surface area contributed by atoms with E-state index in [4.69, 9.17) is 4.74 Å². The molecule has 36 heavy (non-hydrogen) atoms. The number of fused-ring (bicyclic) bond motifs is 1. The Morgan fingerprint density at radius 1 is 1.14 bits per heavy atom. The third-order valence-electron chi connectivity index (χ3n) is 7.59. The molecule has 1 saturated carbocycles. The number of aromatic amines is 1. The monoisotopic (exact) mass is 496 g/mol. The van der Waals surface area contributed by atoms with Gasteiger partial charge < -0.3 is 9.64 Å². The number of H-pyrrole nitrogens is 1. The molecule has 190 valence electrons. The van der Waals surface area contributed by atoms with Crippen molar-refractivity contribution in [3.63, 3.8) is 0 Å². The van der Waals surface area contributed by atoms with Gasteiger partial charge in [-0.1, -0.05) is 25.0 Å². The van der Waals surface area contributed by atoms with Crippen molar-refractivity contribution in [3.8, 4) is 5.75 Å². The number of aromatic nitrogens is 3. The number of halogens is 2. The molecule has 1 saturated heterocycles. The maximum absolute atomic E-state index is 14.6. The molecule has 3 heterocycles. The molecule has 2 aliphatic rings. The van der Waals surface area contributed by atoms with Gasteiger partial charge in [0.15, 0.2) is 5.78 Å². The van der Waals surface area contributed by atoms with Gasteiger partial charge in [-0.2, -0.15) is 5.10 Å². The number of benzene rings is 1. The van der Waals surface area contributed by atoms with E-state index in [-0.39, 0.29) is 31.1 Å². The van der Waals surface area contributed by atoms with Gasteiger partial charge >= 0.3 is 0 Å². The van der Waals surface area contributed by atoms with Gasteiger partial charge in [0.2, 0.25) is 12.8 Å². The zero-order valence-electron chi connectivity index (χ0n) is 20.1. The fourth-order valence-corrected chi connectivity index (χ4v) is 5.75. The Morgan fingerprint density at radius 2 is 1.92 bits per heavy atom. The number of Topliss-reactive ketones (excluding diaryl/α,β-unsaturated/α-hetero) is 1. The first-order valence-electron chi connectivity index (χ1n) is 12.6. The summed E-state index contributed by atoms with van der Waals surface area (Å²) in [7, 11) is 0. The van der Waals surface area contributed by atoms with Crippen LogP contribution in [0.4, 0.5) is 8.78 Å². The Bertz CT molecular complexity index is 1220. The van der Waals surface area contributed by atoms with Crippen LogP contribution in [0.15, 0.2) is 42.6 Å². The molecule has 3 aromatic rings. The van der Waals surface area contributed by atoms with Crippen LogP contribution in [0.3, 0.4) is 0 Å². The van der Waals surface area contributed by atoms with E-state index in [1.54, 1.807) is 30.5 Å². The molecule has 1 aliphatic carbocycles. The van der Waals surface area contributed by atoms with Crippen LogP contribution in [-0.2, 0) is 21.4 Å². The molecule has 0 spiro atoms. The average molecular weight is 497 g/mol. The number of rotatable bonds is 9. The van der Waals surface area contributed by atoms with Gasteiger partial charge in [0.25, 0.3) is 0 Å². The number of hydrogen-bond donors (Lipinski definition) is 1. The van der Waals surface area contributed by atoms with E-state index in [9.17, 15) is 18.4 Å². The van der Waals surface area contributed by atoms with Crippen LogP contribution in [0.1, 0.15) is 56.2 Å². The van der Waals surface area contributed by atoms with Crippen LogP contribution in [-0.4, -0.2) is 57.4 Å². The van der Waals surface area contributed by atoms with E-state index in [2.05, 4.69) is 15.2 Å². The molecule has 5 rings (SSSR count). The Kier molecular flexibility index (Phi) is 6.98. The molecule has 0 unspecified atom stereocenters. The van der Waals surface area contributed by atoms with Crippen LogP contribution in [0.2, 0.25) is 0 Å². The van der Waals surface area contributed by atoms with E-state index < -0.39 is 24.5 Å². The average Bonchev–Trinajstić information content (AvgIpc) is 3.64. The van der Waals surface area contributed by atoms with Crippen molar-refractivity contribution < 1.29 is 23.1 Å². The SMILES string of the molecule is O=C(CCCc1ccc2[nH]ncc2n1)[C@H]1C[C@@H](F)CN1C(=O)C1(c2ccc(OCF)cc2)CCCC1. The van der Waals surface area contributed by atoms with Gasteiger partial charge in [0.1, 0.15) is 17.4 Å². The van der Waals surface area contributed by atoms with Gasteiger partial charge in [0.05, 0.1) is 29.7 Å². The second-order valence-corrected chi connectivity index (χ2v) is 9.80. The first-order chi connectivity index (χ1) is 17.5. The lowest BCUT2D eigenvalue weighted by atomic mass is 9.77. The molecule has 1 amide bonds. The summed E-state index contributed by atoms with van der Waals surface area (Å²) in [5, 5.41) is 6.83. The van der Waals surface area contributed by atoms with E-state index in [1.165, 1.54) is 4.90 Å². The van der Waals surface area contributed by atoms with Crippen molar-refractivity contribution in [2.24, 2.45) is 0 Å². The Labute approximate surface area is 208 Å². The van der Waals surface area contributed by atoms with Crippen LogP contribution < -0.4 is 4.74 Å². The number of aryl methyl sites for hydroxylation is 1. The second kappa shape index (κ2) is 10.3. The zero-order valence-corrected chi connectivity index (χ0v) is 20.1. The number of pyridine rings is 1. The van der Waals surface area contributed by atoms with Gasteiger partial charge in [-0.25, -0.2) is 13.8 Å². The van der Waals surface area contributed by atoms with Crippen LogP contribution in [0.5, 0.6) is 5.75 Å². The van der Waals surface area contributed by atoms with Gasteiger partial charge in [0, 0.05) is 18.5 Å². The molecular formula is C27H30F2N4O3. The molecule has 1 aromatic carbocycles. The molecule has 0 bridgehead atoms. The highest BCUT2D eigenvalue weighted by Crippen LogP contribution is 2.44. The molecule has 2 atom stereocenters. The van der Waals surface area contributed by atoms with Crippen LogP contribution in [0.25, 0.3) is 11.0 Å². The number of nitrogens with zero attached hydrogens (tertiary/aromatic N) is 3. The van der Waals surface area contributed by atoms with Crippen molar-refractivity contribution in [3.05, 3.63) is 53.9 Å². The third kappa shape index (κ3) is 4.70. The zero-order chi connectivity index (χ0) is 25.1. The van der Waals surface area contributed by atoms with Crippen LogP contribution >= 0.6 is 0 Å². The number of amides is 1. The summed E-state index contributed by atoms with van der Waals surface area (Å²) in [6.07, 6.45) is 4.99. The summed E-state index contributed by atoms with van der Waals surface area (Å²) in [5.41, 5.74) is 2.52. The Hall–Kier alpha value is -3.36. The number of carbonyl (C=O) groups excluding carboxylic acids is 2. The first-order valence-corrected chi connectivity index (χ1v) is 12.6. The summed E-state index contributed by atoms with van der Waals surface area (Å²) in [5.74, 6) is 0.110. The summed E-state index contributed by atoms with van der Waals surface area (Å²) in [6, 6.07) is 9.96. The number of alkyl halides is 2. The number of hydrogen-bond acceptors (Lipinski definition) is 5. The van der Waals surface area contributed by atoms with Gasteiger partial charge in [-0.05, 0) is 55.5 Å². The third-order valence-corrected chi connectivity index (χ3v) is 7.59. The lowest BCUT2D eigenvalue weighted by Gasteiger charge is -2.35. The van der Waals surface area contributed by atoms with Gasteiger partial charge in [-0.15, -0.1) is 0 Å². The number of ketones is 1. The lowest BCUT2D eigenvalue weighted by Crippen LogP contribution is -2.50. The Balaban J connectivity index is 1.28. The normalized spacial score (nSPS) is 21.2. The largest absolute Gasteiger partial charge is 0.463 e. The highest BCUT2D eigenvalue weighted by atomic mass is 19.1.